The largest absolute Gasteiger partial charge is 0.264 e. The zero-order valence-corrected chi connectivity index (χ0v) is 14.0. The molecule has 22 heavy (non-hydrogen) atoms. The molecule has 0 rings (SSSR count). The molecule has 3 heteroatoms. The molecule has 124 valence electrons. The Kier molecular flexibility index (Phi) is 12.1. The van der Waals surface area contributed by atoms with Gasteiger partial charge in [-0.15, -0.1) is 13.2 Å². The predicted octanol–water partition coefficient (Wildman–Crippen LogP) is 6.02. The van der Waals surface area contributed by atoms with Crippen LogP contribution in [0.5, 0.6) is 0 Å². The Bertz CT molecular complexity index is 357. The highest BCUT2D eigenvalue weighted by molar-refractivity contribution is 4.97. The average Bonchev–Trinajstić information content (AvgIpc) is 2.51. The summed E-state index contributed by atoms with van der Waals surface area (Å²) in [5, 5.41) is 11.5. The van der Waals surface area contributed by atoms with E-state index in [-0.39, 0.29) is 4.92 Å². The van der Waals surface area contributed by atoms with E-state index in [1.807, 2.05) is 31.2 Å². The normalized spacial score (nSPS) is 14.2. The zero-order chi connectivity index (χ0) is 16.7. The Hall–Kier alpha value is -1.64. The molecule has 0 radical (unpaired) electrons. The number of hydrogen-bond acceptors (Lipinski definition) is 2. The average molecular weight is 305 g/mol. The molecule has 0 aliphatic heterocycles. The topological polar surface area (TPSA) is 43.1 Å². The highest BCUT2D eigenvalue weighted by Crippen LogP contribution is 2.25. The molecule has 0 aromatic carbocycles. The highest BCUT2D eigenvalue weighted by atomic mass is 16.6. The summed E-state index contributed by atoms with van der Waals surface area (Å²) in [4.78, 5) is 11.4. The van der Waals surface area contributed by atoms with Crippen molar-refractivity contribution in [3.05, 3.63) is 59.7 Å². The fourth-order valence-electron chi connectivity index (χ4n) is 2.25. The monoisotopic (exact) mass is 305 g/mol. The summed E-state index contributed by atoms with van der Waals surface area (Å²) < 4.78 is 0. The molecule has 0 spiro atoms. The van der Waals surface area contributed by atoms with Crippen LogP contribution in [0, 0.1) is 10.1 Å². The van der Waals surface area contributed by atoms with Crippen molar-refractivity contribution in [3.63, 3.8) is 0 Å². The first-order valence-corrected chi connectivity index (χ1v) is 8.29. The van der Waals surface area contributed by atoms with Crippen LogP contribution in [-0.4, -0.2) is 10.5 Å². The van der Waals surface area contributed by atoms with Crippen LogP contribution in [-0.2, 0) is 0 Å². The van der Waals surface area contributed by atoms with E-state index in [1.165, 1.54) is 0 Å². The number of unbranched alkanes of at least 4 members (excludes halogenated alkanes) is 4. The first-order chi connectivity index (χ1) is 10.6. The van der Waals surface area contributed by atoms with Crippen molar-refractivity contribution in [2.45, 2.75) is 70.3 Å². The second kappa shape index (κ2) is 13.1. The van der Waals surface area contributed by atoms with Crippen molar-refractivity contribution in [1.29, 1.82) is 0 Å². The fourth-order valence-corrected chi connectivity index (χ4v) is 2.25. The SMILES string of the molecule is C=CCCCC=CCC(CC)(CC=CCCCC=C)[N+](=O)[O-]. The third-order valence-electron chi connectivity index (χ3n) is 3.93. The first-order valence-electron chi connectivity index (χ1n) is 8.29. The summed E-state index contributed by atoms with van der Waals surface area (Å²) in [6, 6.07) is 0. The minimum Gasteiger partial charge on any atom is -0.264 e. The second-order valence-corrected chi connectivity index (χ2v) is 5.63. The lowest BCUT2D eigenvalue weighted by Gasteiger charge is -2.21. The van der Waals surface area contributed by atoms with Crippen molar-refractivity contribution in [2.24, 2.45) is 0 Å². The van der Waals surface area contributed by atoms with Gasteiger partial charge in [-0.25, -0.2) is 0 Å². The van der Waals surface area contributed by atoms with Gasteiger partial charge in [0, 0.05) is 24.2 Å². The van der Waals surface area contributed by atoms with Gasteiger partial charge in [-0.1, -0.05) is 43.4 Å². The van der Waals surface area contributed by atoms with E-state index < -0.39 is 5.54 Å². The van der Waals surface area contributed by atoms with Gasteiger partial charge in [0.1, 0.15) is 0 Å². The Labute approximate surface area is 135 Å². The molecule has 0 aliphatic carbocycles. The van der Waals surface area contributed by atoms with Crippen LogP contribution in [0.4, 0.5) is 0 Å². The van der Waals surface area contributed by atoms with Gasteiger partial charge in [0.05, 0.1) is 0 Å². The third kappa shape index (κ3) is 8.60. The van der Waals surface area contributed by atoms with Crippen LogP contribution >= 0.6 is 0 Å². The van der Waals surface area contributed by atoms with Crippen LogP contribution in [0.2, 0.25) is 0 Å². The summed E-state index contributed by atoms with van der Waals surface area (Å²) in [5.74, 6) is 0. The molecule has 0 unspecified atom stereocenters. The lowest BCUT2D eigenvalue weighted by molar-refractivity contribution is -0.569. The Balaban J connectivity index is 4.42. The Morgan fingerprint density at radius 1 is 0.909 bits per heavy atom. The molecule has 0 bridgehead atoms. The van der Waals surface area contributed by atoms with Crippen molar-refractivity contribution in [1.82, 2.24) is 0 Å². The van der Waals surface area contributed by atoms with Gasteiger partial charge < -0.3 is 0 Å². The van der Waals surface area contributed by atoms with Crippen LogP contribution < -0.4 is 0 Å². The number of allylic oxidation sites excluding steroid dienone is 4. The molecule has 0 atom stereocenters. The first kappa shape index (κ1) is 20.4. The molecule has 0 saturated carbocycles. The molecule has 0 aromatic heterocycles. The fraction of sp³-hybridized carbons (Fsp3) is 0.579. The highest BCUT2D eigenvalue weighted by Gasteiger charge is 2.38. The maximum atomic E-state index is 11.5. The van der Waals surface area contributed by atoms with Gasteiger partial charge in [-0.3, -0.25) is 10.1 Å². The smallest absolute Gasteiger partial charge is 0.228 e. The van der Waals surface area contributed by atoms with E-state index >= 15 is 0 Å². The Morgan fingerprint density at radius 2 is 1.36 bits per heavy atom. The van der Waals surface area contributed by atoms with Crippen molar-refractivity contribution >= 4 is 0 Å². The Morgan fingerprint density at radius 3 is 1.68 bits per heavy atom. The minimum absolute atomic E-state index is 0.102. The quantitative estimate of drug-likeness (QED) is 0.170. The summed E-state index contributed by atoms with van der Waals surface area (Å²) in [7, 11) is 0. The minimum atomic E-state index is -0.857. The number of rotatable bonds is 14. The summed E-state index contributed by atoms with van der Waals surface area (Å²) in [5.41, 5.74) is -0.857. The van der Waals surface area contributed by atoms with Crippen LogP contribution in [0.25, 0.3) is 0 Å². The lowest BCUT2D eigenvalue weighted by atomic mass is 9.88. The van der Waals surface area contributed by atoms with E-state index in [1.54, 1.807) is 0 Å². The lowest BCUT2D eigenvalue weighted by Crippen LogP contribution is -2.36. The molecule has 0 fully saturated rings. The van der Waals surface area contributed by atoms with Gasteiger partial charge in [-0.05, 0) is 38.5 Å². The second-order valence-electron chi connectivity index (χ2n) is 5.63. The number of nitrogens with zero attached hydrogens (tertiary/aromatic N) is 1. The van der Waals surface area contributed by atoms with Crippen molar-refractivity contribution < 1.29 is 4.92 Å². The predicted molar refractivity (Wildman–Crippen MR) is 95.6 cm³/mol. The molecule has 0 saturated heterocycles. The van der Waals surface area contributed by atoms with E-state index in [4.69, 9.17) is 0 Å². The molecule has 0 heterocycles. The van der Waals surface area contributed by atoms with E-state index in [2.05, 4.69) is 25.3 Å². The molecular weight excluding hydrogens is 274 g/mol. The maximum absolute atomic E-state index is 11.5. The van der Waals surface area contributed by atoms with Crippen LogP contribution in [0.1, 0.15) is 64.7 Å². The molecular formula is C19H31NO2. The standard InChI is InChI=1S/C19H31NO2/c1-4-7-9-11-13-15-17-19(6-3,20(21)22)18-16-14-12-10-8-5-2/h4-5,13-16H,1-2,6-12,17-18H2,3H3. The molecule has 0 aromatic rings. The van der Waals surface area contributed by atoms with Gasteiger partial charge in [0.2, 0.25) is 5.54 Å². The van der Waals surface area contributed by atoms with Gasteiger partial charge in [0.15, 0.2) is 0 Å². The van der Waals surface area contributed by atoms with E-state index in [0.717, 1.165) is 38.5 Å². The van der Waals surface area contributed by atoms with E-state index in [9.17, 15) is 10.1 Å². The summed E-state index contributed by atoms with van der Waals surface area (Å²) in [6.45, 7) is 9.28. The molecule has 3 nitrogen and oxygen atoms in total. The van der Waals surface area contributed by atoms with Crippen molar-refractivity contribution in [2.75, 3.05) is 0 Å². The van der Waals surface area contributed by atoms with E-state index in [0.29, 0.717) is 19.3 Å². The van der Waals surface area contributed by atoms with Gasteiger partial charge >= 0.3 is 0 Å². The summed E-state index contributed by atoms with van der Waals surface area (Å²) >= 11 is 0. The number of nitro groups is 1. The van der Waals surface area contributed by atoms with Crippen LogP contribution in [0.3, 0.4) is 0 Å². The van der Waals surface area contributed by atoms with Gasteiger partial charge in [0.25, 0.3) is 0 Å². The number of hydrogen-bond donors (Lipinski definition) is 0. The zero-order valence-electron chi connectivity index (χ0n) is 14.0. The van der Waals surface area contributed by atoms with Crippen LogP contribution in [0.15, 0.2) is 49.6 Å². The molecule has 0 amide bonds. The molecule has 0 aliphatic rings. The van der Waals surface area contributed by atoms with Crippen molar-refractivity contribution in [3.8, 4) is 0 Å². The maximum Gasteiger partial charge on any atom is 0.228 e. The summed E-state index contributed by atoms with van der Waals surface area (Å²) in [6.07, 6.45) is 19.4. The molecule has 0 N–H and O–H groups in total. The van der Waals surface area contributed by atoms with Gasteiger partial charge in [-0.2, -0.15) is 0 Å². The third-order valence-corrected chi connectivity index (χ3v) is 3.93.